The van der Waals surface area contributed by atoms with Gasteiger partial charge in [0, 0.05) is 12.8 Å². The first-order chi connectivity index (χ1) is 11.7. The topological polar surface area (TPSA) is 69.9 Å². The van der Waals surface area contributed by atoms with Crippen LogP contribution in [-0.4, -0.2) is 28.5 Å². The quantitative estimate of drug-likeness (QED) is 0.393. The molecule has 2 atom stereocenters. The number of hydrogen-bond acceptors (Lipinski definition) is 4. The van der Waals surface area contributed by atoms with Gasteiger partial charge in [-0.25, -0.2) is 0 Å². The lowest BCUT2D eigenvalue weighted by Crippen LogP contribution is -2.16. The second kappa shape index (κ2) is 10.2. The molecule has 0 amide bonds. The molecule has 0 aliphatic rings. The van der Waals surface area contributed by atoms with Crippen LogP contribution in [0.2, 0.25) is 0 Å². The van der Waals surface area contributed by atoms with Gasteiger partial charge in [-0.1, -0.05) is 27.7 Å². The second-order valence-electron chi connectivity index (χ2n) is 6.85. The maximum atomic E-state index is 10.4. The zero-order valence-electron chi connectivity index (χ0n) is 15.6. The van der Waals surface area contributed by atoms with Crippen LogP contribution < -0.4 is 4.74 Å². The van der Waals surface area contributed by atoms with Crippen LogP contribution in [0.25, 0.3) is 0 Å². The molecule has 0 bridgehead atoms. The normalized spacial score (nSPS) is 13.5. The summed E-state index contributed by atoms with van der Waals surface area (Å²) in [5.41, 5.74) is 4.98. The van der Waals surface area contributed by atoms with Crippen LogP contribution in [0.5, 0.6) is 11.5 Å². The van der Waals surface area contributed by atoms with Crippen molar-refractivity contribution >= 4 is 22.6 Å². The first kappa shape index (κ1) is 22.0. The van der Waals surface area contributed by atoms with Gasteiger partial charge >= 0.3 is 0 Å². The van der Waals surface area contributed by atoms with Crippen LogP contribution in [0, 0.1) is 15.4 Å². The van der Waals surface area contributed by atoms with Gasteiger partial charge in [-0.15, -0.1) is 5.73 Å². The monoisotopic (exact) mass is 460 g/mol. The van der Waals surface area contributed by atoms with Crippen LogP contribution in [0.1, 0.15) is 52.2 Å². The number of ether oxygens (including phenoxy) is 1. The molecule has 0 saturated carbocycles. The lowest BCUT2D eigenvalue weighted by molar-refractivity contribution is 0.123. The lowest BCUT2D eigenvalue weighted by Gasteiger charge is -2.17. The van der Waals surface area contributed by atoms with Crippen molar-refractivity contribution < 1.29 is 20.1 Å². The van der Waals surface area contributed by atoms with Crippen LogP contribution >= 0.6 is 22.6 Å². The number of aliphatic hydroxyl groups excluding tert-OH is 2. The van der Waals surface area contributed by atoms with Gasteiger partial charge in [0.2, 0.25) is 0 Å². The largest absolute Gasteiger partial charge is 0.504 e. The highest BCUT2D eigenvalue weighted by atomic mass is 127. The molecular formula is C20H29IO4. The fourth-order valence-corrected chi connectivity index (χ4v) is 2.93. The maximum absolute atomic E-state index is 10.4. The molecule has 0 saturated heterocycles. The van der Waals surface area contributed by atoms with E-state index in [4.69, 9.17) is 4.74 Å². The summed E-state index contributed by atoms with van der Waals surface area (Å²) in [5, 5.41) is 30.4. The van der Waals surface area contributed by atoms with Crippen LogP contribution in [0.4, 0.5) is 0 Å². The van der Waals surface area contributed by atoms with Gasteiger partial charge in [-0.3, -0.25) is 0 Å². The molecule has 3 N–H and O–H groups in total. The third-order valence-corrected chi connectivity index (χ3v) is 5.00. The first-order valence-corrected chi connectivity index (χ1v) is 9.61. The summed E-state index contributed by atoms with van der Waals surface area (Å²) in [7, 11) is 1.49. The predicted octanol–water partition coefficient (Wildman–Crippen LogP) is 4.57. The van der Waals surface area contributed by atoms with Crippen molar-refractivity contribution in [1.82, 2.24) is 0 Å². The van der Waals surface area contributed by atoms with Gasteiger partial charge in [0.15, 0.2) is 11.5 Å². The van der Waals surface area contributed by atoms with Crippen molar-refractivity contribution in [3.63, 3.8) is 0 Å². The molecule has 0 aromatic heterocycles. The number of benzene rings is 1. The van der Waals surface area contributed by atoms with Gasteiger partial charge in [0.1, 0.15) is 0 Å². The minimum absolute atomic E-state index is 0.0826. The van der Waals surface area contributed by atoms with Crippen molar-refractivity contribution in [3.05, 3.63) is 38.6 Å². The van der Waals surface area contributed by atoms with E-state index in [0.29, 0.717) is 27.7 Å². The number of aromatic hydroxyl groups is 1. The third kappa shape index (κ3) is 6.66. The van der Waals surface area contributed by atoms with E-state index in [1.165, 1.54) is 7.11 Å². The number of rotatable bonds is 8. The Morgan fingerprint density at radius 3 is 2.40 bits per heavy atom. The number of phenolic OH excluding ortho intramolecular Hbond substituents is 1. The Hall–Kier alpha value is -1.01. The van der Waals surface area contributed by atoms with E-state index in [-0.39, 0.29) is 23.7 Å². The molecule has 1 aromatic carbocycles. The van der Waals surface area contributed by atoms with E-state index >= 15 is 0 Å². The minimum Gasteiger partial charge on any atom is -0.504 e. The molecule has 1 aromatic rings. The summed E-state index contributed by atoms with van der Waals surface area (Å²) in [5.74, 6) is 0.923. The minimum atomic E-state index is -0.709. The predicted molar refractivity (Wildman–Crippen MR) is 109 cm³/mol. The molecule has 0 spiro atoms. The molecule has 0 aliphatic carbocycles. The summed E-state index contributed by atoms with van der Waals surface area (Å²) in [6, 6.07) is 3.39. The van der Waals surface area contributed by atoms with Crippen LogP contribution in [-0.2, 0) is 0 Å². The smallest absolute Gasteiger partial charge is 0.171 e. The van der Waals surface area contributed by atoms with Gasteiger partial charge in [0.05, 0.1) is 22.9 Å². The van der Waals surface area contributed by atoms with Crippen molar-refractivity contribution in [2.75, 3.05) is 7.11 Å². The van der Waals surface area contributed by atoms with Gasteiger partial charge in [0.25, 0.3) is 0 Å². The molecular weight excluding hydrogens is 431 g/mol. The standard InChI is InChI=1S/C20H29IO4/c1-12(2)14(10-18(23)13(3)4)7-6-8-17(22)15-9-16(21)20(24)19(11-15)25-5/h6,9,11-13,17-18,22-24H,8,10H2,1-5H3/t7?,17-,18-/m1/s1. The maximum Gasteiger partial charge on any atom is 0.171 e. The van der Waals surface area contributed by atoms with Crippen molar-refractivity contribution in [2.45, 2.75) is 52.7 Å². The average molecular weight is 460 g/mol. The van der Waals surface area contributed by atoms with E-state index in [9.17, 15) is 15.3 Å². The second-order valence-corrected chi connectivity index (χ2v) is 8.01. The van der Waals surface area contributed by atoms with Crippen molar-refractivity contribution in [2.24, 2.45) is 11.8 Å². The number of phenols is 1. The zero-order valence-corrected chi connectivity index (χ0v) is 17.7. The Balaban J connectivity index is 2.93. The molecule has 25 heavy (non-hydrogen) atoms. The number of methoxy groups -OCH3 is 1. The van der Waals surface area contributed by atoms with E-state index in [0.717, 1.165) is 5.57 Å². The number of hydrogen-bond donors (Lipinski definition) is 3. The summed E-state index contributed by atoms with van der Waals surface area (Å²) in [4.78, 5) is 0. The van der Waals surface area contributed by atoms with Crippen molar-refractivity contribution in [3.8, 4) is 11.5 Å². The molecule has 4 nitrogen and oxygen atoms in total. The molecule has 0 fully saturated rings. The average Bonchev–Trinajstić information content (AvgIpc) is 2.55. The molecule has 0 heterocycles. The summed E-state index contributed by atoms with van der Waals surface area (Å²) >= 11 is 2.01. The summed E-state index contributed by atoms with van der Waals surface area (Å²) < 4.78 is 5.77. The molecule has 1 rings (SSSR count). The van der Waals surface area contributed by atoms with Gasteiger partial charge < -0.3 is 20.1 Å². The number of halogens is 1. The molecule has 5 heteroatoms. The van der Waals surface area contributed by atoms with Crippen molar-refractivity contribution in [1.29, 1.82) is 0 Å². The summed E-state index contributed by atoms with van der Waals surface area (Å²) in [6.45, 7) is 8.14. The highest BCUT2D eigenvalue weighted by Gasteiger charge is 2.15. The van der Waals surface area contributed by atoms with Crippen LogP contribution in [0.15, 0.2) is 29.5 Å². The molecule has 0 radical (unpaired) electrons. The molecule has 0 unspecified atom stereocenters. The lowest BCUT2D eigenvalue weighted by atomic mass is 9.93. The van der Waals surface area contributed by atoms with Crippen LogP contribution in [0.3, 0.4) is 0 Å². The molecule has 0 aliphatic heterocycles. The Morgan fingerprint density at radius 1 is 1.24 bits per heavy atom. The van der Waals surface area contributed by atoms with E-state index < -0.39 is 6.10 Å². The Labute approximate surface area is 164 Å². The Kier molecular flexibility index (Phi) is 9.00. The Morgan fingerprint density at radius 2 is 1.88 bits per heavy atom. The van der Waals surface area contributed by atoms with E-state index in [2.05, 4.69) is 19.6 Å². The fourth-order valence-electron chi connectivity index (χ4n) is 2.30. The van der Waals surface area contributed by atoms with E-state index in [1.54, 1.807) is 12.1 Å². The Bertz CT molecular complexity index is 631. The zero-order chi connectivity index (χ0) is 19.1. The highest BCUT2D eigenvalue weighted by molar-refractivity contribution is 14.1. The SMILES string of the molecule is COc1cc([C@H](O)CC=C=C(C[C@@H](O)C(C)C)C(C)C)cc(I)c1O. The third-order valence-electron chi connectivity index (χ3n) is 4.18. The molecule has 140 valence electrons. The highest BCUT2D eigenvalue weighted by Crippen LogP contribution is 2.35. The summed E-state index contributed by atoms with van der Waals surface area (Å²) in [6.07, 6.45) is 1.72. The van der Waals surface area contributed by atoms with Gasteiger partial charge in [-0.2, -0.15) is 0 Å². The first-order valence-electron chi connectivity index (χ1n) is 8.53. The number of aliphatic hydroxyl groups is 2. The van der Waals surface area contributed by atoms with E-state index in [1.807, 2.05) is 42.5 Å². The fraction of sp³-hybridized carbons (Fsp3) is 0.550. The van der Waals surface area contributed by atoms with Gasteiger partial charge in [-0.05, 0) is 63.8 Å².